The lowest BCUT2D eigenvalue weighted by Gasteiger charge is -2.29. The second-order valence-electron chi connectivity index (χ2n) is 15.6. The average molecular weight is 796 g/mol. The maximum Gasteiger partial charge on any atom is 0.143 e. The van der Waals surface area contributed by atoms with Gasteiger partial charge in [-0.15, -0.1) is 11.3 Å². The first-order valence-electron chi connectivity index (χ1n) is 20.7. The molecule has 0 radical (unpaired) electrons. The second kappa shape index (κ2) is 14.5. The van der Waals surface area contributed by atoms with Crippen LogP contribution in [-0.2, 0) is 0 Å². The van der Waals surface area contributed by atoms with Crippen molar-refractivity contribution in [1.82, 2.24) is 0 Å². The number of rotatable bonds is 7. The molecular weight excluding hydrogens is 759 g/mol. The van der Waals surface area contributed by atoms with Crippen molar-refractivity contribution in [3.05, 3.63) is 224 Å². The van der Waals surface area contributed by atoms with Crippen LogP contribution in [0.3, 0.4) is 0 Å². The van der Waals surface area contributed by atoms with E-state index in [-0.39, 0.29) is 0 Å². The molecule has 0 spiro atoms. The Hall–Kier alpha value is -7.72. The van der Waals surface area contributed by atoms with Crippen LogP contribution < -0.4 is 4.90 Å². The first-order chi connectivity index (χ1) is 30.3. The molecule has 2 nitrogen and oxygen atoms in total. The van der Waals surface area contributed by atoms with E-state index in [4.69, 9.17) is 4.42 Å². The van der Waals surface area contributed by atoms with Crippen molar-refractivity contribution in [3.8, 4) is 44.5 Å². The zero-order valence-electron chi connectivity index (χ0n) is 33.1. The largest absolute Gasteiger partial charge is 0.455 e. The Morgan fingerprint density at radius 3 is 1.82 bits per heavy atom. The molecule has 0 aliphatic heterocycles. The van der Waals surface area contributed by atoms with E-state index in [0.29, 0.717) is 0 Å². The van der Waals surface area contributed by atoms with Crippen molar-refractivity contribution >= 4 is 81.3 Å². The third-order valence-corrected chi connectivity index (χ3v) is 13.2. The number of anilines is 3. The van der Waals surface area contributed by atoms with E-state index in [1.54, 1.807) is 0 Å². The standard InChI is InChI=1S/C58H37NOS/c1-3-15-39(16-4-1)44-35-32-42(37-50(44)40-17-5-2-6-18-40)38-29-33-43(34-30-38)59(52-25-14-28-55-57(52)48-22-10-12-27-54(48)61-55)51-24-11-9-21-46(51)47-23-13-26-53-56(47)49-36-31-41-19-7-8-20-45(41)58(49)60-53/h1-37H. The van der Waals surface area contributed by atoms with Crippen LogP contribution in [0.2, 0.25) is 0 Å². The van der Waals surface area contributed by atoms with Gasteiger partial charge in [-0.1, -0.05) is 170 Å². The van der Waals surface area contributed by atoms with Gasteiger partial charge in [-0.3, -0.25) is 0 Å². The van der Waals surface area contributed by atoms with Crippen LogP contribution in [0.15, 0.2) is 229 Å². The summed E-state index contributed by atoms with van der Waals surface area (Å²) < 4.78 is 9.25. The molecule has 0 N–H and O–H groups in total. The SMILES string of the molecule is c1ccc(-c2ccc(-c3ccc(N(c4ccccc4-c4cccc5oc6c7ccccc7ccc6c45)c4cccc5sc6ccccc6c45)cc3)cc2-c2ccccc2)cc1. The summed E-state index contributed by atoms with van der Waals surface area (Å²) in [6.07, 6.45) is 0. The summed E-state index contributed by atoms with van der Waals surface area (Å²) in [5.41, 5.74) is 14.6. The number of hydrogen-bond acceptors (Lipinski definition) is 3. The maximum atomic E-state index is 6.70. The number of fused-ring (bicyclic) bond motifs is 8. The van der Waals surface area contributed by atoms with Crippen molar-refractivity contribution in [2.24, 2.45) is 0 Å². The Morgan fingerprint density at radius 2 is 0.984 bits per heavy atom. The van der Waals surface area contributed by atoms with Crippen molar-refractivity contribution in [3.63, 3.8) is 0 Å². The Bertz CT molecular complexity index is 3580. The van der Waals surface area contributed by atoms with Gasteiger partial charge in [-0.2, -0.15) is 0 Å². The molecule has 61 heavy (non-hydrogen) atoms. The lowest BCUT2D eigenvalue weighted by molar-refractivity contribution is 0.673. The van der Waals surface area contributed by atoms with Gasteiger partial charge in [0, 0.05) is 47.6 Å². The van der Waals surface area contributed by atoms with Gasteiger partial charge in [-0.05, 0) is 98.9 Å². The van der Waals surface area contributed by atoms with Crippen LogP contribution in [0.1, 0.15) is 0 Å². The summed E-state index contributed by atoms with van der Waals surface area (Å²) in [5, 5.41) is 7.06. The molecule has 3 heteroatoms. The molecule has 286 valence electrons. The first-order valence-corrected chi connectivity index (χ1v) is 21.6. The Morgan fingerprint density at radius 1 is 0.344 bits per heavy atom. The van der Waals surface area contributed by atoms with Crippen molar-refractivity contribution in [2.45, 2.75) is 0 Å². The lowest BCUT2D eigenvalue weighted by atomic mass is 9.91. The zero-order valence-corrected chi connectivity index (χ0v) is 33.9. The minimum Gasteiger partial charge on any atom is -0.455 e. The molecule has 0 bridgehead atoms. The van der Waals surface area contributed by atoms with Gasteiger partial charge in [0.05, 0.1) is 11.4 Å². The Kier molecular flexibility index (Phi) is 8.39. The molecule has 12 rings (SSSR count). The van der Waals surface area contributed by atoms with E-state index in [1.807, 2.05) is 11.3 Å². The van der Waals surface area contributed by atoms with E-state index in [1.165, 1.54) is 53.4 Å². The highest BCUT2D eigenvalue weighted by Crippen LogP contribution is 2.49. The highest BCUT2D eigenvalue weighted by molar-refractivity contribution is 7.26. The fourth-order valence-electron chi connectivity index (χ4n) is 9.28. The first kappa shape index (κ1) is 35.2. The Labute approximate surface area is 357 Å². The van der Waals surface area contributed by atoms with Gasteiger partial charge in [0.2, 0.25) is 0 Å². The molecule has 0 aliphatic rings. The van der Waals surface area contributed by atoms with Gasteiger partial charge in [-0.25, -0.2) is 0 Å². The van der Waals surface area contributed by atoms with Crippen molar-refractivity contribution in [2.75, 3.05) is 4.90 Å². The van der Waals surface area contributed by atoms with E-state index in [9.17, 15) is 0 Å². The third-order valence-electron chi connectivity index (χ3n) is 12.1. The second-order valence-corrected chi connectivity index (χ2v) is 16.7. The predicted octanol–water partition coefficient (Wildman–Crippen LogP) is 17.2. The number of para-hydroxylation sites is 1. The molecule has 0 amide bonds. The van der Waals surface area contributed by atoms with Crippen LogP contribution in [0.4, 0.5) is 17.1 Å². The molecule has 2 aromatic heterocycles. The highest BCUT2D eigenvalue weighted by atomic mass is 32.1. The number of hydrogen-bond donors (Lipinski definition) is 0. The topological polar surface area (TPSA) is 16.4 Å². The summed E-state index contributed by atoms with van der Waals surface area (Å²) in [6, 6.07) is 81.1. The number of thiophene rings is 1. The minimum atomic E-state index is 0.883. The van der Waals surface area contributed by atoms with Gasteiger partial charge < -0.3 is 9.32 Å². The van der Waals surface area contributed by atoms with E-state index in [2.05, 4.69) is 229 Å². The molecule has 10 aromatic carbocycles. The zero-order chi connectivity index (χ0) is 40.3. The molecule has 0 aliphatic carbocycles. The van der Waals surface area contributed by atoms with Crippen LogP contribution >= 0.6 is 11.3 Å². The Balaban J connectivity index is 1.06. The van der Waals surface area contributed by atoms with Crippen molar-refractivity contribution in [1.29, 1.82) is 0 Å². The molecule has 0 saturated carbocycles. The summed E-state index contributed by atoms with van der Waals surface area (Å²) >= 11 is 1.85. The average Bonchev–Trinajstić information content (AvgIpc) is 3.92. The minimum absolute atomic E-state index is 0.883. The molecule has 2 heterocycles. The third kappa shape index (κ3) is 5.93. The number of benzene rings is 10. The fourth-order valence-corrected chi connectivity index (χ4v) is 10.4. The summed E-state index contributed by atoms with van der Waals surface area (Å²) in [5.74, 6) is 0. The quantitative estimate of drug-likeness (QED) is 0.160. The normalized spacial score (nSPS) is 11.6. The molecule has 0 fully saturated rings. The number of furan rings is 1. The van der Waals surface area contributed by atoms with E-state index >= 15 is 0 Å². The van der Waals surface area contributed by atoms with Crippen LogP contribution in [0, 0.1) is 0 Å². The monoisotopic (exact) mass is 795 g/mol. The smallest absolute Gasteiger partial charge is 0.143 e. The predicted molar refractivity (Wildman–Crippen MR) is 261 cm³/mol. The fraction of sp³-hybridized carbons (Fsp3) is 0. The van der Waals surface area contributed by atoms with Crippen molar-refractivity contribution < 1.29 is 4.42 Å². The summed E-state index contributed by atoms with van der Waals surface area (Å²) in [4.78, 5) is 2.46. The van der Waals surface area contributed by atoms with Crippen LogP contribution in [0.25, 0.3) is 97.4 Å². The molecule has 0 saturated heterocycles. The van der Waals surface area contributed by atoms with Gasteiger partial charge >= 0.3 is 0 Å². The van der Waals surface area contributed by atoms with Gasteiger partial charge in [0.1, 0.15) is 11.2 Å². The van der Waals surface area contributed by atoms with Gasteiger partial charge in [0.15, 0.2) is 0 Å². The highest BCUT2D eigenvalue weighted by Gasteiger charge is 2.23. The summed E-state index contributed by atoms with van der Waals surface area (Å²) in [7, 11) is 0. The van der Waals surface area contributed by atoms with E-state index in [0.717, 1.165) is 61.1 Å². The maximum absolute atomic E-state index is 6.70. The van der Waals surface area contributed by atoms with Crippen LogP contribution in [0.5, 0.6) is 0 Å². The lowest BCUT2D eigenvalue weighted by Crippen LogP contribution is -2.11. The molecule has 12 aromatic rings. The summed E-state index contributed by atoms with van der Waals surface area (Å²) in [6.45, 7) is 0. The van der Waals surface area contributed by atoms with Crippen LogP contribution in [-0.4, -0.2) is 0 Å². The van der Waals surface area contributed by atoms with E-state index < -0.39 is 0 Å². The molecular formula is C58H37NOS. The number of nitrogens with zero attached hydrogens (tertiary/aromatic N) is 1. The molecule has 0 unspecified atom stereocenters. The van der Waals surface area contributed by atoms with Gasteiger partial charge in [0.25, 0.3) is 0 Å². The molecule has 0 atom stereocenters.